The normalized spacial score (nSPS) is 10.8. The molecule has 0 fully saturated rings. The standard InChI is InChI=1S/C11H15F2NO2/c1-15-7-6-14-8-9-4-2-3-5-10(9)16-11(12)13/h2-5,11,14H,6-8H2,1H3. The van der Waals surface area contributed by atoms with Gasteiger partial charge < -0.3 is 14.8 Å². The third-order valence-electron chi connectivity index (χ3n) is 1.99. The van der Waals surface area contributed by atoms with Crippen LogP contribution in [0, 0.1) is 0 Å². The third kappa shape index (κ3) is 4.55. The van der Waals surface area contributed by atoms with Gasteiger partial charge in [0.1, 0.15) is 5.75 Å². The first kappa shape index (κ1) is 12.9. The van der Waals surface area contributed by atoms with Crippen LogP contribution in [0.1, 0.15) is 5.56 Å². The molecule has 1 rings (SSSR count). The van der Waals surface area contributed by atoms with Crippen LogP contribution in [-0.4, -0.2) is 26.9 Å². The van der Waals surface area contributed by atoms with Crippen LogP contribution in [0.5, 0.6) is 5.75 Å². The fraction of sp³-hybridized carbons (Fsp3) is 0.455. The van der Waals surface area contributed by atoms with Gasteiger partial charge >= 0.3 is 6.61 Å². The second-order valence-corrected chi connectivity index (χ2v) is 3.16. The van der Waals surface area contributed by atoms with Gasteiger partial charge in [-0.15, -0.1) is 0 Å². The van der Waals surface area contributed by atoms with Crippen molar-refractivity contribution in [3.63, 3.8) is 0 Å². The maximum Gasteiger partial charge on any atom is 0.387 e. The third-order valence-corrected chi connectivity index (χ3v) is 1.99. The van der Waals surface area contributed by atoms with Gasteiger partial charge in [0.15, 0.2) is 0 Å². The molecule has 0 aliphatic carbocycles. The van der Waals surface area contributed by atoms with E-state index in [1.165, 1.54) is 6.07 Å². The van der Waals surface area contributed by atoms with Gasteiger partial charge in [-0.25, -0.2) is 0 Å². The molecule has 0 amide bonds. The molecule has 1 aromatic carbocycles. The highest BCUT2D eigenvalue weighted by Crippen LogP contribution is 2.19. The lowest BCUT2D eigenvalue weighted by Gasteiger charge is -2.10. The Hall–Kier alpha value is -1.20. The quantitative estimate of drug-likeness (QED) is 0.728. The van der Waals surface area contributed by atoms with Crippen LogP contribution in [-0.2, 0) is 11.3 Å². The van der Waals surface area contributed by atoms with Crippen molar-refractivity contribution in [1.29, 1.82) is 0 Å². The highest BCUT2D eigenvalue weighted by molar-refractivity contribution is 5.33. The first-order chi connectivity index (χ1) is 7.74. The number of hydrogen-bond donors (Lipinski definition) is 1. The summed E-state index contributed by atoms with van der Waals surface area (Å²) < 4.78 is 33.4. The van der Waals surface area contributed by atoms with Crippen molar-refractivity contribution >= 4 is 0 Å². The number of benzene rings is 1. The van der Waals surface area contributed by atoms with E-state index < -0.39 is 6.61 Å². The second-order valence-electron chi connectivity index (χ2n) is 3.16. The molecule has 0 aliphatic heterocycles. The summed E-state index contributed by atoms with van der Waals surface area (Å²) in [7, 11) is 1.61. The van der Waals surface area contributed by atoms with Gasteiger partial charge in [0.25, 0.3) is 0 Å². The number of ether oxygens (including phenoxy) is 2. The second kappa shape index (κ2) is 7.14. The zero-order chi connectivity index (χ0) is 11.8. The largest absolute Gasteiger partial charge is 0.434 e. The molecule has 90 valence electrons. The molecule has 1 aromatic rings. The summed E-state index contributed by atoms with van der Waals surface area (Å²) in [4.78, 5) is 0. The molecule has 5 heteroatoms. The van der Waals surface area contributed by atoms with Crippen LogP contribution >= 0.6 is 0 Å². The zero-order valence-electron chi connectivity index (χ0n) is 9.08. The summed E-state index contributed by atoms with van der Waals surface area (Å²) in [6.45, 7) is -1.07. The highest BCUT2D eigenvalue weighted by atomic mass is 19.3. The van der Waals surface area contributed by atoms with E-state index in [2.05, 4.69) is 10.1 Å². The van der Waals surface area contributed by atoms with Crippen LogP contribution in [0.25, 0.3) is 0 Å². The molecule has 0 unspecified atom stereocenters. The number of nitrogens with one attached hydrogen (secondary N) is 1. The number of hydrogen-bond acceptors (Lipinski definition) is 3. The van der Waals surface area contributed by atoms with E-state index in [0.29, 0.717) is 25.3 Å². The fourth-order valence-corrected chi connectivity index (χ4v) is 1.26. The molecule has 1 N–H and O–H groups in total. The highest BCUT2D eigenvalue weighted by Gasteiger charge is 2.08. The van der Waals surface area contributed by atoms with E-state index in [9.17, 15) is 8.78 Å². The van der Waals surface area contributed by atoms with Gasteiger partial charge in [-0.05, 0) is 6.07 Å². The summed E-state index contributed by atoms with van der Waals surface area (Å²) in [5.41, 5.74) is 0.707. The smallest absolute Gasteiger partial charge is 0.387 e. The summed E-state index contributed by atoms with van der Waals surface area (Å²) in [6, 6.07) is 6.72. The number of halogens is 2. The fourth-order valence-electron chi connectivity index (χ4n) is 1.26. The topological polar surface area (TPSA) is 30.5 Å². The van der Waals surface area contributed by atoms with Crippen molar-refractivity contribution in [2.24, 2.45) is 0 Å². The zero-order valence-corrected chi connectivity index (χ0v) is 9.08. The summed E-state index contributed by atoms with van der Waals surface area (Å²) >= 11 is 0. The lowest BCUT2D eigenvalue weighted by atomic mass is 10.2. The Balaban J connectivity index is 2.50. The SMILES string of the molecule is COCCNCc1ccccc1OC(F)F. The Kier molecular flexibility index (Phi) is 5.74. The molecular formula is C11H15F2NO2. The Bertz CT molecular complexity index is 308. The minimum Gasteiger partial charge on any atom is -0.434 e. The number of rotatable bonds is 7. The first-order valence-electron chi connectivity index (χ1n) is 4.96. The van der Waals surface area contributed by atoms with Crippen LogP contribution in [0.4, 0.5) is 8.78 Å². The molecule has 3 nitrogen and oxygen atoms in total. The van der Waals surface area contributed by atoms with E-state index in [1.54, 1.807) is 25.3 Å². The van der Waals surface area contributed by atoms with Gasteiger partial charge in [-0.3, -0.25) is 0 Å². The molecule has 0 aliphatic rings. The minimum absolute atomic E-state index is 0.211. The van der Waals surface area contributed by atoms with Crippen LogP contribution in [0.15, 0.2) is 24.3 Å². The average molecular weight is 231 g/mol. The van der Waals surface area contributed by atoms with Crippen molar-refractivity contribution in [3.05, 3.63) is 29.8 Å². The summed E-state index contributed by atoms with van der Waals surface area (Å²) in [6.07, 6.45) is 0. The predicted octanol–water partition coefficient (Wildman–Crippen LogP) is 2.02. The maximum absolute atomic E-state index is 12.1. The van der Waals surface area contributed by atoms with Crippen LogP contribution in [0.3, 0.4) is 0 Å². The number of alkyl halides is 2. The lowest BCUT2D eigenvalue weighted by Crippen LogP contribution is -2.19. The molecule has 0 radical (unpaired) electrons. The molecular weight excluding hydrogens is 216 g/mol. The Morgan fingerprint density at radius 1 is 1.31 bits per heavy atom. The van der Waals surface area contributed by atoms with E-state index in [-0.39, 0.29) is 5.75 Å². The maximum atomic E-state index is 12.1. The van der Waals surface area contributed by atoms with E-state index in [4.69, 9.17) is 4.74 Å². The van der Waals surface area contributed by atoms with Gasteiger partial charge in [0, 0.05) is 25.8 Å². The average Bonchev–Trinajstić information content (AvgIpc) is 2.26. The summed E-state index contributed by atoms with van der Waals surface area (Å²) in [5, 5.41) is 3.07. The van der Waals surface area contributed by atoms with Crippen LogP contribution in [0.2, 0.25) is 0 Å². The minimum atomic E-state index is -2.79. The Labute approximate surface area is 93.4 Å². The molecule has 0 aromatic heterocycles. The molecule has 0 spiro atoms. The van der Waals surface area contributed by atoms with Gasteiger partial charge in [-0.1, -0.05) is 18.2 Å². The number of methoxy groups -OCH3 is 1. The Morgan fingerprint density at radius 3 is 2.75 bits per heavy atom. The van der Waals surface area contributed by atoms with E-state index in [0.717, 1.165) is 0 Å². The predicted molar refractivity (Wildman–Crippen MR) is 56.7 cm³/mol. The Morgan fingerprint density at radius 2 is 2.06 bits per heavy atom. The van der Waals surface area contributed by atoms with Crippen molar-refractivity contribution in [2.75, 3.05) is 20.3 Å². The van der Waals surface area contributed by atoms with Crippen molar-refractivity contribution < 1.29 is 18.3 Å². The van der Waals surface area contributed by atoms with Crippen molar-refractivity contribution in [2.45, 2.75) is 13.2 Å². The molecule has 0 atom stereocenters. The molecule has 0 saturated heterocycles. The lowest BCUT2D eigenvalue weighted by molar-refractivity contribution is -0.0505. The molecule has 0 bridgehead atoms. The van der Waals surface area contributed by atoms with Crippen molar-refractivity contribution in [3.8, 4) is 5.75 Å². The van der Waals surface area contributed by atoms with E-state index in [1.807, 2.05) is 0 Å². The van der Waals surface area contributed by atoms with Gasteiger partial charge in [-0.2, -0.15) is 8.78 Å². The van der Waals surface area contributed by atoms with Crippen LogP contribution < -0.4 is 10.1 Å². The molecule has 16 heavy (non-hydrogen) atoms. The van der Waals surface area contributed by atoms with Crippen molar-refractivity contribution in [1.82, 2.24) is 5.32 Å². The van der Waals surface area contributed by atoms with E-state index >= 15 is 0 Å². The molecule has 0 saturated carbocycles. The first-order valence-corrected chi connectivity index (χ1v) is 4.96. The van der Waals surface area contributed by atoms with Gasteiger partial charge in [0.2, 0.25) is 0 Å². The molecule has 0 heterocycles. The number of para-hydroxylation sites is 1. The summed E-state index contributed by atoms with van der Waals surface area (Å²) in [5.74, 6) is 0.211. The monoisotopic (exact) mass is 231 g/mol. The van der Waals surface area contributed by atoms with Gasteiger partial charge in [0.05, 0.1) is 6.61 Å².